The van der Waals surface area contributed by atoms with Gasteiger partial charge in [-0.1, -0.05) is 35.9 Å². The van der Waals surface area contributed by atoms with Crippen LogP contribution in [0.4, 0.5) is 0 Å². The van der Waals surface area contributed by atoms with Gasteiger partial charge in [-0.3, -0.25) is 9.59 Å². The van der Waals surface area contributed by atoms with Gasteiger partial charge in [0.1, 0.15) is 4.88 Å². The second-order valence-corrected chi connectivity index (χ2v) is 8.58. The van der Waals surface area contributed by atoms with Crippen LogP contribution in [0.2, 0.25) is 5.02 Å². The number of nitrogens with zero attached hydrogens (tertiary/aromatic N) is 2. The number of benzene rings is 1. The summed E-state index contributed by atoms with van der Waals surface area (Å²) in [6.45, 7) is 2.01. The van der Waals surface area contributed by atoms with Gasteiger partial charge in [0, 0.05) is 47.4 Å². The van der Waals surface area contributed by atoms with E-state index in [1.54, 1.807) is 6.07 Å². The minimum atomic E-state index is 0.0117. The van der Waals surface area contributed by atoms with E-state index in [9.17, 15) is 9.59 Å². The van der Waals surface area contributed by atoms with E-state index in [2.05, 4.69) is 0 Å². The lowest BCUT2D eigenvalue weighted by Gasteiger charge is -2.42. The number of piperidine rings is 1. The molecule has 1 amide bonds. The van der Waals surface area contributed by atoms with Crippen molar-refractivity contribution >= 4 is 38.9 Å². The molecule has 1 fully saturated rings. The lowest BCUT2D eigenvalue weighted by molar-refractivity contribution is 0.0599. The molecule has 2 atom stereocenters. The normalized spacial score (nSPS) is 21.7. The van der Waals surface area contributed by atoms with E-state index in [0.29, 0.717) is 35.5 Å². The molecule has 4 nitrogen and oxygen atoms in total. The second-order valence-electron chi connectivity index (χ2n) is 7.15. The number of hydrogen-bond donors (Lipinski definition) is 0. The zero-order chi connectivity index (χ0) is 17.8. The van der Waals surface area contributed by atoms with Crippen molar-refractivity contribution in [3.8, 4) is 0 Å². The zero-order valence-corrected chi connectivity index (χ0v) is 15.6. The number of likely N-dealkylation sites (tertiary alicyclic amines) is 1. The van der Waals surface area contributed by atoms with Crippen LogP contribution in [0.3, 0.4) is 0 Å². The average Bonchev–Trinajstić information content (AvgIpc) is 2.99. The summed E-state index contributed by atoms with van der Waals surface area (Å²) in [6, 6.07) is 13.3. The van der Waals surface area contributed by atoms with Crippen LogP contribution in [-0.2, 0) is 6.54 Å². The summed E-state index contributed by atoms with van der Waals surface area (Å²) >= 11 is 7.97. The molecule has 26 heavy (non-hydrogen) atoms. The number of rotatable bonds is 1. The highest BCUT2D eigenvalue weighted by atomic mass is 35.5. The highest BCUT2D eigenvalue weighted by Crippen LogP contribution is 2.39. The van der Waals surface area contributed by atoms with Crippen molar-refractivity contribution in [1.29, 1.82) is 0 Å². The largest absolute Gasteiger partial charge is 0.337 e. The fraction of sp³-hybridized carbons (Fsp3) is 0.300. The number of fused-ring (bicyclic) bond motifs is 5. The van der Waals surface area contributed by atoms with E-state index < -0.39 is 0 Å². The minimum absolute atomic E-state index is 0.0117. The highest BCUT2D eigenvalue weighted by Gasteiger charge is 2.37. The Balaban J connectivity index is 1.49. The molecule has 3 aromatic rings. The number of amides is 1. The Hall–Kier alpha value is -2.11. The third-order valence-corrected chi connectivity index (χ3v) is 7.16. The van der Waals surface area contributed by atoms with Gasteiger partial charge in [-0.15, -0.1) is 11.3 Å². The third kappa shape index (κ3) is 2.42. The molecule has 0 radical (unpaired) electrons. The lowest BCUT2D eigenvalue weighted by Crippen LogP contribution is -2.49. The topological polar surface area (TPSA) is 42.3 Å². The molecule has 0 saturated carbocycles. The summed E-state index contributed by atoms with van der Waals surface area (Å²) in [6.07, 6.45) is 1.04. The van der Waals surface area contributed by atoms with Crippen LogP contribution in [0.1, 0.15) is 27.7 Å². The standard InChI is InChI=1S/C20H17ClN2O2S/c21-18-14-4-1-2-6-16(14)26-19(18)20(25)22-9-12-8-13(11-22)15-5-3-7-17(24)23(15)10-12/h1-7,12-13H,8-11H2/t12-,13-/m1/s1. The first-order valence-electron chi connectivity index (χ1n) is 8.78. The Bertz CT molecular complexity index is 1090. The van der Waals surface area contributed by atoms with Crippen molar-refractivity contribution < 1.29 is 4.79 Å². The van der Waals surface area contributed by atoms with Crippen LogP contribution in [-0.4, -0.2) is 28.5 Å². The molecular weight excluding hydrogens is 368 g/mol. The summed E-state index contributed by atoms with van der Waals surface area (Å²) in [5.41, 5.74) is 1.11. The van der Waals surface area contributed by atoms with E-state index in [0.717, 1.165) is 22.2 Å². The van der Waals surface area contributed by atoms with E-state index in [4.69, 9.17) is 11.6 Å². The smallest absolute Gasteiger partial charge is 0.265 e. The van der Waals surface area contributed by atoms with Crippen LogP contribution in [0.5, 0.6) is 0 Å². The van der Waals surface area contributed by atoms with Crippen molar-refractivity contribution in [3.05, 3.63) is 68.4 Å². The fourth-order valence-corrected chi connectivity index (χ4v) is 5.84. The molecule has 5 rings (SSSR count). The molecule has 0 aliphatic carbocycles. The van der Waals surface area contributed by atoms with Gasteiger partial charge < -0.3 is 9.47 Å². The van der Waals surface area contributed by atoms with Crippen molar-refractivity contribution in [3.63, 3.8) is 0 Å². The molecule has 2 aliphatic heterocycles. The van der Waals surface area contributed by atoms with Crippen LogP contribution in [0, 0.1) is 5.92 Å². The Morgan fingerprint density at radius 1 is 1.08 bits per heavy atom. The lowest BCUT2D eigenvalue weighted by atomic mass is 9.83. The van der Waals surface area contributed by atoms with Gasteiger partial charge >= 0.3 is 0 Å². The zero-order valence-electron chi connectivity index (χ0n) is 14.0. The maximum absolute atomic E-state index is 13.2. The predicted molar refractivity (Wildman–Crippen MR) is 104 cm³/mol. The number of pyridine rings is 1. The van der Waals surface area contributed by atoms with Crippen molar-refractivity contribution in [2.45, 2.75) is 18.9 Å². The van der Waals surface area contributed by atoms with Crippen molar-refractivity contribution in [2.75, 3.05) is 13.1 Å². The first-order valence-corrected chi connectivity index (χ1v) is 9.97. The number of carbonyl (C=O) groups is 1. The molecule has 2 aromatic heterocycles. The molecule has 4 heterocycles. The van der Waals surface area contributed by atoms with Gasteiger partial charge in [-0.2, -0.15) is 0 Å². The summed E-state index contributed by atoms with van der Waals surface area (Å²) in [4.78, 5) is 27.9. The van der Waals surface area contributed by atoms with E-state index in [1.165, 1.54) is 11.3 Å². The van der Waals surface area contributed by atoms with Crippen LogP contribution in [0.25, 0.3) is 10.1 Å². The van der Waals surface area contributed by atoms with Crippen molar-refractivity contribution in [1.82, 2.24) is 9.47 Å². The molecule has 1 aromatic carbocycles. The molecule has 0 spiro atoms. The van der Waals surface area contributed by atoms with Crippen LogP contribution < -0.4 is 5.56 Å². The Kier molecular flexibility index (Phi) is 3.69. The van der Waals surface area contributed by atoms with Gasteiger partial charge in [-0.05, 0) is 24.5 Å². The first-order chi connectivity index (χ1) is 12.6. The molecule has 2 aliphatic rings. The Morgan fingerprint density at radius 3 is 2.77 bits per heavy atom. The number of hydrogen-bond acceptors (Lipinski definition) is 3. The third-order valence-electron chi connectivity index (χ3n) is 5.50. The van der Waals surface area contributed by atoms with Gasteiger partial charge in [0.15, 0.2) is 0 Å². The molecule has 0 N–H and O–H groups in total. The van der Waals surface area contributed by atoms with Gasteiger partial charge in [0.25, 0.3) is 11.5 Å². The van der Waals surface area contributed by atoms with Gasteiger partial charge in [0.05, 0.1) is 5.02 Å². The number of thiophene rings is 1. The van der Waals surface area contributed by atoms with Gasteiger partial charge in [0.2, 0.25) is 0 Å². The number of carbonyl (C=O) groups excluding carboxylic acids is 1. The van der Waals surface area contributed by atoms with Crippen LogP contribution >= 0.6 is 22.9 Å². The van der Waals surface area contributed by atoms with Gasteiger partial charge in [-0.25, -0.2) is 0 Å². The Labute approximate surface area is 159 Å². The number of halogens is 1. The van der Waals surface area contributed by atoms with E-state index >= 15 is 0 Å². The predicted octanol–water partition coefficient (Wildman–Crippen LogP) is 3.98. The Morgan fingerprint density at radius 2 is 1.92 bits per heavy atom. The molecular formula is C20H17ClN2O2S. The molecule has 0 unspecified atom stereocenters. The summed E-state index contributed by atoms with van der Waals surface area (Å²) in [5, 5.41) is 1.50. The maximum Gasteiger partial charge on any atom is 0.265 e. The molecule has 132 valence electrons. The quantitative estimate of drug-likeness (QED) is 0.637. The van der Waals surface area contributed by atoms with Crippen LogP contribution in [0.15, 0.2) is 47.3 Å². The number of aromatic nitrogens is 1. The molecule has 6 heteroatoms. The summed E-state index contributed by atoms with van der Waals surface area (Å²) in [7, 11) is 0. The SMILES string of the molecule is O=C(c1sc2ccccc2c1Cl)N1C[C@H]2C[C@H](C1)c1cccc(=O)n1C2. The average molecular weight is 385 g/mol. The highest BCUT2D eigenvalue weighted by molar-refractivity contribution is 7.21. The molecule has 1 saturated heterocycles. The monoisotopic (exact) mass is 384 g/mol. The molecule has 2 bridgehead atoms. The first kappa shape index (κ1) is 16.1. The van der Waals surface area contributed by atoms with E-state index in [1.807, 2.05) is 45.9 Å². The van der Waals surface area contributed by atoms with Crippen molar-refractivity contribution in [2.24, 2.45) is 5.92 Å². The fourth-order valence-electron chi connectivity index (χ4n) is 4.36. The minimum Gasteiger partial charge on any atom is -0.337 e. The van der Waals surface area contributed by atoms with E-state index in [-0.39, 0.29) is 17.4 Å². The summed E-state index contributed by atoms with van der Waals surface area (Å²) in [5.74, 6) is 0.546. The second kappa shape index (κ2) is 5.96. The summed E-state index contributed by atoms with van der Waals surface area (Å²) < 4.78 is 2.92. The maximum atomic E-state index is 13.2.